The molecule has 0 fully saturated rings. The number of benzene rings is 2. The highest BCUT2D eigenvalue weighted by molar-refractivity contribution is 7.86. The van der Waals surface area contributed by atoms with Gasteiger partial charge >= 0.3 is 0 Å². The molecule has 21 heavy (non-hydrogen) atoms. The van der Waals surface area contributed by atoms with Crippen LogP contribution in [-0.2, 0) is 10.1 Å². The molecule has 9 heteroatoms. The maximum atomic E-state index is 11.3. The zero-order valence-corrected chi connectivity index (χ0v) is 13.3. The molecule has 0 bridgehead atoms. The summed E-state index contributed by atoms with van der Waals surface area (Å²) in [7, 11) is -4.51. The van der Waals surface area contributed by atoms with E-state index in [2.05, 4.69) is 0 Å². The van der Waals surface area contributed by atoms with Gasteiger partial charge in [0.05, 0.1) is 15.1 Å². The molecule has 0 aliphatic carbocycles. The van der Waals surface area contributed by atoms with Crippen LogP contribution in [0, 0.1) is 0 Å². The van der Waals surface area contributed by atoms with E-state index < -0.39 is 15.0 Å². The smallest absolute Gasteiger partial charge is 0.298 e. The first-order valence-electron chi connectivity index (χ1n) is 5.38. The van der Waals surface area contributed by atoms with Gasteiger partial charge in [0.2, 0.25) is 0 Å². The molecule has 0 aliphatic rings. The Hall–Kier alpha value is -1.18. The first kappa shape index (κ1) is 16.2. The predicted molar refractivity (Wildman–Crippen MR) is 82.2 cm³/mol. The zero-order chi connectivity index (χ0) is 15.8. The van der Waals surface area contributed by atoms with Crippen LogP contribution in [0.15, 0.2) is 35.2 Å². The molecule has 0 saturated heterocycles. The average molecular weight is 369 g/mol. The Morgan fingerprint density at radius 1 is 0.952 bits per heavy atom. The molecule has 0 spiro atoms. The number of hydrogen-bond donors (Lipinski definition) is 2. The van der Waals surface area contributed by atoms with Crippen molar-refractivity contribution in [1.29, 1.82) is 0 Å². The summed E-state index contributed by atoms with van der Waals surface area (Å²) >= 11 is 17.6. The lowest BCUT2D eigenvalue weighted by molar-refractivity contribution is 0.450. The highest BCUT2D eigenvalue weighted by Gasteiger charge is 2.19. The Kier molecular flexibility index (Phi) is 4.55. The van der Waals surface area contributed by atoms with Gasteiger partial charge in [0.15, 0.2) is 0 Å². The fourth-order valence-corrected chi connectivity index (χ4v) is 2.74. The third kappa shape index (κ3) is 3.72. The molecule has 0 atom stereocenters. The van der Waals surface area contributed by atoms with Gasteiger partial charge in [-0.1, -0.05) is 34.8 Å². The first-order valence-corrected chi connectivity index (χ1v) is 7.95. The normalized spacial score (nSPS) is 11.4. The molecule has 0 heterocycles. The van der Waals surface area contributed by atoms with E-state index in [1.54, 1.807) is 0 Å². The number of nitrogens with two attached hydrogens (primary N) is 1. The van der Waals surface area contributed by atoms with Crippen LogP contribution < -0.4 is 10.5 Å². The molecule has 2 rings (SSSR count). The molecule has 0 amide bonds. The molecule has 0 radical (unpaired) electrons. The lowest BCUT2D eigenvalue weighted by Crippen LogP contribution is -2.02. The maximum Gasteiger partial charge on any atom is 0.298 e. The van der Waals surface area contributed by atoms with Gasteiger partial charge in [0.1, 0.15) is 16.4 Å². The zero-order valence-electron chi connectivity index (χ0n) is 10.2. The third-order valence-electron chi connectivity index (χ3n) is 2.44. The lowest BCUT2D eigenvalue weighted by atomic mass is 10.3. The summed E-state index contributed by atoms with van der Waals surface area (Å²) in [5.74, 6) is -0.0623. The van der Waals surface area contributed by atoms with Crippen LogP contribution in [0.2, 0.25) is 15.1 Å². The van der Waals surface area contributed by atoms with E-state index in [0.29, 0.717) is 0 Å². The van der Waals surface area contributed by atoms with Crippen molar-refractivity contribution in [2.45, 2.75) is 4.90 Å². The number of hydrogen-bond acceptors (Lipinski definition) is 4. The van der Waals surface area contributed by atoms with E-state index in [9.17, 15) is 13.0 Å². The second-order valence-corrected chi connectivity index (χ2v) is 6.59. The van der Waals surface area contributed by atoms with Gasteiger partial charge in [-0.25, -0.2) is 0 Å². The van der Waals surface area contributed by atoms with Gasteiger partial charge in [0.25, 0.3) is 10.1 Å². The van der Waals surface area contributed by atoms with E-state index >= 15 is 0 Å². The summed E-state index contributed by atoms with van der Waals surface area (Å²) in [6.07, 6.45) is 0. The topological polar surface area (TPSA) is 89.6 Å². The SMILES string of the molecule is Nc1ccc(Oc2cc(Cl)c(Cl)cc2Cl)c(S(=O)(=O)O)c1. The van der Waals surface area contributed by atoms with Crippen LogP contribution >= 0.6 is 34.8 Å². The number of halogens is 3. The van der Waals surface area contributed by atoms with E-state index in [1.165, 1.54) is 24.3 Å². The predicted octanol–water partition coefficient (Wildman–Crippen LogP) is 4.27. The minimum Gasteiger partial charge on any atom is -0.454 e. The monoisotopic (exact) mass is 367 g/mol. The largest absolute Gasteiger partial charge is 0.454 e. The molecule has 0 aromatic heterocycles. The van der Waals surface area contributed by atoms with E-state index in [4.69, 9.17) is 45.3 Å². The van der Waals surface area contributed by atoms with Crippen LogP contribution in [0.4, 0.5) is 5.69 Å². The fourth-order valence-electron chi connectivity index (χ4n) is 1.51. The Morgan fingerprint density at radius 2 is 1.57 bits per heavy atom. The molecule has 5 nitrogen and oxygen atoms in total. The standard InChI is InChI=1S/C12H8Cl3NO4S/c13-7-4-9(15)11(5-8(7)14)20-10-2-1-6(16)3-12(10)21(17,18)19/h1-5H,16H2,(H,17,18,19). The van der Waals surface area contributed by atoms with Gasteiger partial charge in [-0.3, -0.25) is 4.55 Å². The molecule has 0 saturated carbocycles. The quantitative estimate of drug-likeness (QED) is 0.480. The molecular formula is C12H8Cl3NO4S. The first-order chi connectivity index (χ1) is 9.68. The molecule has 112 valence electrons. The summed E-state index contributed by atoms with van der Waals surface area (Å²) < 4.78 is 37.3. The summed E-state index contributed by atoms with van der Waals surface area (Å²) in [4.78, 5) is -0.482. The summed E-state index contributed by atoms with van der Waals surface area (Å²) in [5.41, 5.74) is 5.64. The highest BCUT2D eigenvalue weighted by Crippen LogP contribution is 2.38. The molecule has 3 N–H and O–H groups in total. The number of nitrogen functional groups attached to an aromatic ring is 1. The third-order valence-corrected chi connectivity index (χ3v) is 4.33. The van der Waals surface area contributed by atoms with Crippen molar-refractivity contribution in [2.24, 2.45) is 0 Å². The van der Waals surface area contributed by atoms with Crippen LogP contribution in [0.1, 0.15) is 0 Å². The van der Waals surface area contributed by atoms with Gasteiger partial charge in [0, 0.05) is 11.8 Å². The summed E-state index contributed by atoms with van der Waals surface area (Å²) in [5, 5.41) is 0.531. The van der Waals surface area contributed by atoms with Crippen LogP contribution in [0.25, 0.3) is 0 Å². The fraction of sp³-hybridized carbons (Fsp3) is 0. The van der Waals surface area contributed by atoms with Crippen molar-refractivity contribution in [2.75, 3.05) is 5.73 Å². The Bertz CT molecular complexity index is 808. The molecule has 0 aliphatic heterocycles. The Balaban J connectivity index is 2.53. The molecule has 0 unspecified atom stereocenters. The van der Waals surface area contributed by atoms with Gasteiger partial charge in [-0.2, -0.15) is 8.42 Å². The molecular weight excluding hydrogens is 361 g/mol. The van der Waals surface area contributed by atoms with Crippen molar-refractivity contribution < 1.29 is 17.7 Å². The average Bonchev–Trinajstić information content (AvgIpc) is 2.36. The van der Waals surface area contributed by atoms with E-state index in [1.807, 2.05) is 0 Å². The molecule has 2 aromatic rings. The molecule has 2 aromatic carbocycles. The number of rotatable bonds is 3. The van der Waals surface area contributed by atoms with E-state index in [0.717, 1.165) is 6.07 Å². The maximum absolute atomic E-state index is 11.3. The van der Waals surface area contributed by atoms with Crippen molar-refractivity contribution in [1.82, 2.24) is 0 Å². The van der Waals surface area contributed by atoms with Crippen molar-refractivity contribution in [3.8, 4) is 11.5 Å². The van der Waals surface area contributed by atoms with Crippen LogP contribution in [-0.4, -0.2) is 13.0 Å². The van der Waals surface area contributed by atoms with Crippen LogP contribution in [0.3, 0.4) is 0 Å². The number of anilines is 1. The van der Waals surface area contributed by atoms with Crippen LogP contribution in [0.5, 0.6) is 11.5 Å². The Morgan fingerprint density at radius 3 is 2.19 bits per heavy atom. The van der Waals surface area contributed by atoms with E-state index in [-0.39, 0.29) is 32.3 Å². The van der Waals surface area contributed by atoms with Gasteiger partial charge in [-0.15, -0.1) is 0 Å². The number of ether oxygens (including phenoxy) is 1. The minimum absolute atomic E-state index is 0.0840. The van der Waals surface area contributed by atoms with Crippen molar-refractivity contribution in [3.05, 3.63) is 45.4 Å². The lowest BCUT2D eigenvalue weighted by Gasteiger charge is -2.12. The summed E-state index contributed by atoms with van der Waals surface area (Å²) in [6, 6.07) is 6.45. The van der Waals surface area contributed by atoms with Gasteiger partial charge in [-0.05, 0) is 24.3 Å². The Labute approximate surface area is 135 Å². The summed E-state index contributed by atoms with van der Waals surface area (Å²) in [6.45, 7) is 0. The highest BCUT2D eigenvalue weighted by atomic mass is 35.5. The minimum atomic E-state index is -4.51. The van der Waals surface area contributed by atoms with Crippen molar-refractivity contribution >= 4 is 50.6 Å². The van der Waals surface area contributed by atoms with Gasteiger partial charge < -0.3 is 10.5 Å². The second kappa shape index (κ2) is 5.90. The second-order valence-electron chi connectivity index (χ2n) is 3.98. The van der Waals surface area contributed by atoms with Crippen molar-refractivity contribution in [3.63, 3.8) is 0 Å².